The Kier molecular flexibility index (Phi) is 7.96. The molecule has 8 nitrogen and oxygen atoms in total. The number of ketones is 1. The maximum Gasteiger partial charge on any atom is 0.234 e. The van der Waals surface area contributed by atoms with Crippen LogP contribution in [0.15, 0.2) is 69.5 Å². The van der Waals surface area contributed by atoms with Gasteiger partial charge in [0, 0.05) is 22.7 Å². The van der Waals surface area contributed by atoms with Gasteiger partial charge in [-0.3, -0.25) is 14.5 Å². The van der Waals surface area contributed by atoms with E-state index in [9.17, 15) is 14.9 Å². The summed E-state index contributed by atoms with van der Waals surface area (Å²) >= 11 is 14.5. The number of anilines is 2. The van der Waals surface area contributed by atoms with Crippen LogP contribution in [0.3, 0.4) is 0 Å². The molecule has 1 aliphatic carbocycles. The van der Waals surface area contributed by atoms with Gasteiger partial charge in [-0.15, -0.1) is 10.2 Å². The summed E-state index contributed by atoms with van der Waals surface area (Å²) in [5, 5.41) is 22.7. The molecule has 0 saturated heterocycles. The molecule has 2 aliphatic rings. The van der Waals surface area contributed by atoms with E-state index >= 15 is 0 Å². The predicted molar refractivity (Wildman–Crippen MR) is 155 cm³/mol. The third kappa shape index (κ3) is 5.40. The van der Waals surface area contributed by atoms with Crippen molar-refractivity contribution in [3.8, 4) is 6.07 Å². The van der Waals surface area contributed by atoms with E-state index in [1.807, 2.05) is 31.2 Å². The zero-order chi connectivity index (χ0) is 27.7. The van der Waals surface area contributed by atoms with Crippen molar-refractivity contribution in [2.24, 2.45) is 5.73 Å². The van der Waals surface area contributed by atoms with Crippen LogP contribution in [-0.2, 0) is 9.59 Å². The number of carbonyl (C=O) groups is 2. The van der Waals surface area contributed by atoms with E-state index in [1.165, 1.54) is 23.1 Å². The molecule has 2 heterocycles. The van der Waals surface area contributed by atoms with Crippen LogP contribution in [0.5, 0.6) is 0 Å². The minimum Gasteiger partial charge on any atom is -0.384 e. The molecule has 0 fully saturated rings. The molecule has 12 heteroatoms. The van der Waals surface area contributed by atoms with Crippen molar-refractivity contribution in [1.82, 2.24) is 10.2 Å². The van der Waals surface area contributed by atoms with Gasteiger partial charge in [-0.1, -0.05) is 70.6 Å². The van der Waals surface area contributed by atoms with Gasteiger partial charge in [-0.25, -0.2) is 0 Å². The van der Waals surface area contributed by atoms with Gasteiger partial charge in [0.2, 0.25) is 11.0 Å². The number of nitrogens with one attached hydrogen (secondary N) is 1. The average Bonchev–Trinajstić information content (AvgIpc) is 3.37. The van der Waals surface area contributed by atoms with Crippen LogP contribution in [0.25, 0.3) is 0 Å². The number of Topliss-reactive ketones (excluding diaryl/α,β-unsaturated/α-hetero) is 1. The number of halogens is 2. The molecular formula is C27H22Cl2N6O2S2. The third-order valence-electron chi connectivity index (χ3n) is 6.53. The Bertz CT molecular complexity index is 1590. The molecule has 1 aromatic heterocycles. The Morgan fingerprint density at radius 2 is 2.05 bits per heavy atom. The summed E-state index contributed by atoms with van der Waals surface area (Å²) in [5.74, 6) is -0.479. The minimum absolute atomic E-state index is 0.00592. The smallest absolute Gasteiger partial charge is 0.234 e. The molecule has 1 atom stereocenters. The Labute approximate surface area is 243 Å². The fourth-order valence-corrected chi connectivity index (χ4v) is 6.92. The van der Waals surface area contributed by atoms with Gasteiger partial charge in [0.25, 0.3) is 0 Å². The number of hydrogen-bond acceptors (Lipinski definition) is 9. The first-order chi connectivity index (χ1) is 18.8. The second-order valence-corrected chi connectivity index (χ2v) is 12.0. The molecular weight excluding hydrogens is 575 g/mol. The van der Waals surface area contributed by atoms with Gasteiger partial charge in [-0.05, 0) is 49.1 Å². The van der Waals surface area contributed by atoms with Crippen LogP contribution in [0, 0.1) is 18.3 Å². The Hall–Kier alpha value is -3.36. The van der Waals surface area contributed by atoms with Crippen molar-refractivity contribution < 1.29 is 9.59 Å². The minimum atomic E-state index is -0.527. The first-order valence-electron chi connectivity index (χ1n) is 12.0. The van der Waals surface area contributed by atoms with E-state index in [0.29, 0.717) is 55.6 Å². The number of nitrogens with zero attached hydrogens (tertiary/aromatic N) is 4. The first-order valence-corrected chi connectivity index (χ1v) is 14.6. The lowest BCUT2D eigenvalue weighted by atomic mass is 9.75. The number of carbonyl (C=O) groups excluding carboxylic acids is 2. The van der Waals surface area contributed by atoms with Gasteiger partial charge in [-0.2, -0.15) is 5.26 Å². The second-order valence-electron chi connectivity index (χ2n) is 8.98. The molecule has 2 aromatic carbocycles. The maximum absolute atomic E-state index is 13.3. The van der Waals surface area contributed by atoms with Gasteiger partial charge >= 0.3 is 0 Å². The number of allylic oxidation sites excluding steroid dienone is 3. The second kappa shape index (κ2) is 11.4. The average molecular weight is 598 g/mol. The predicted octanol–water partition coefficient (Wildman–Crippen LogP) is 6.19. The van der Waals surface area contributed by atoms with E-state index in [2.05, 4.69) is 21.6 Å². The molecule has 1 amide bonds. The van der Waals surface area contributed by atoms with Crippen molar-refractivity contribution in [2.45, 2.75) is 36.4 Å². The molecule has 0 spiro atoms. The Balaban J connectivity index is 1.42. The van der Waals surface area contributed by atoms with Gasteiger partial charge in [0.15, 0.2) is 10.1 Å². The van der Waals surface area contributed by atoms with Crippen molar-refractivity contribution in [1.29, 1.82) is 5.26 Å². The number of thioether (sulfide) groups is 1. The van der Waals surface area contributed by atoms with E-state index in [-0.39, 0.29) is 23.3 Å². The Morgan fingerprint density at radius 1 is 1.26 bits per heavy atom. The third-order valence-corrected chi connectivity index (χ3v) is 9.12. The number of nitriles is 1. The lowest BCUT2D eigenvalue weighted by Crippen LogP contribution is -2.38. The topological polar surface area (TPSA) is 125 Å². The lowest BCUT2D eigenvalue weighted by molar-refractivity contribution is -0.116. The largest absolute Gasteiger partial charge is 0.384 e. The highest BCUT2D eigenvalue weighted by Gasteiger charge is 2.41. The van der Waals surface area contributed by atoms with Gasteiger partial charge < -0.3 is 11.1 Å². The number of benzene rings is 2. The molecule has 0 bridgehead atoms. The zero-order valence-electron chi connectivity index (χ0n) is 20.7. The monoisotopic (exact) mass is 596 g/mol. The van der Waals surface area contributed by atoms with Crippen LogP contribution in [0.1, 0.15) is 36.3 Å². The first kappa shape index (κ1) is 27.2. The van der Waals surface area contributed by atoms with E-state index in [4.69, 9.17) is 28.9 Å². The highest BCUT2D eigenvalue weighted by molar-refractivity contribution is 8.01. The van der Waals surface area contributed by atoms with Crippen LogP contribution < -0.4 is 16.0 Å². The van der Waals surface area contributed by atoms with E-state index < -0.39 is 5.92 Å². The van der Waals surface area contributed by atoms with E-state index in [0.717, 1.165) is 16.8 Å². The highest BCUT2D eigenvalue weighted by Crippen LogP contribution is 2.47. The summed E-state index contributed by atoms with van der Waals surface area (Å²) in [6, 6.07) is 14.8. The van der Waals surface area contributed by atoms with Crippen LogP contribution in [0.2, 0.25) is 10.0 Å². The SMILES string of the molecule is Cc1ccccc1C1C(C#N)=C(N)N(c2nnc(SCC(=O)Nc3ccc(Cl)cc3Cl)s2)C2=C1C(=O)CCC2. The molecule has 1 aliphatic heterocycles. The standard InChI is InChI=1S/C27H22Cl2N6O2S2/c1-14-5-2-3-6-16(14)23-17(12-30)25(31)35(20-7-4-8-21(36)24(20)23)26-33-34-27(39-26)38-13-22(37)32-19-10-9-15(28)11-18(19)29/h2-3,5-6,9-11,23H,4,7-8,13,31H2,1H3,(H,32,37). The molecule has 0 radical (unpaired) electrons. The van der Waals surface area contributed by atoms with Crippen LogP contribution in [0.4, 0.5) is 10.8 Å². The maximum atomic E-state index is 13.3. The molecule has 3 N–H and O–H groups in total. The fourth-order valence-electron chi connectivity index (χ4n) is 4.78. The summed E-state index contributed by atoms with van der Waals surface area (Å²) in [4.78, 5) is 27.5. The van der Waals surface area contributed by atoms with Crippen LogP contribution in [-0.4, -0.2) is 27.6 Å². The van der Waals surface area contributed by atoms with Crippen molar-refractivity contribution in [2.75, 3.05) is 16.0 Å². The highest BCUT2D eigenvalue weighted by atomic mass is 35.5. The van der Waals surface area contributed by atoms with Crippen molar-refractivity contribution in [3.05, 3.63) is 86.3 Å². The number of aromatic nitrogens is 2. The van der Waals surface area contributed by atoms with Crippen molar-refractivity contribution in [3.63, 3.8) is 0 Å². The summed E-state index contributed by atoms with van der Waals surface area (Å²) < 4.78 is 0.541. The molecule has 0 saturated carbocycles. The van der Waals surface area contributed by atoms with Gasteiger partial charge in [0.05, 0.1) is 34.0 Å². The Morgan fingerprint density at radius 3 is 2.79 bits per heavy atom. The number of amides is 1. The molecule has 1 unspecified atom stereocenters. The quantitative estimate of drug-likeness (QED) is 0.323. The summed E-state index contributed by atoms with van der Waals surface area (Å²) in [6.45, 7) is 1.96. The summed E-state index contributed by atoms with van der Waals surface area (Å²) in [7, 11) is 0. The molecule has 3 aromatic rings. The van der Waals surface area contributed by atoms with E-state index in [1.54, 1.807) is 23.1 Å². The number of aryl methyl sites for hydroxylation is 1. The molecule has 5 rings (SSSR count). The van der Waals surface area contributed by atoms with Gasteiger partial charge in [0.1, 0.15) is 5.82 Å². The van der Waals surface area contributed by atoms with Crippen molar-refractivity contribution >= 4 is 68.8 Å². The summed E-state index contributed by atoms with van der Waals surface area (Å²) in [5.41, 5.74) is 10.6. The number of nitrogens with two attached hydrogens (primary N) is 1. The zero-order valence-corrected chi connectivity index (χ0v) is 23.8. The fraction of sp³-hybridized carbons (Fsp3) is 0.222. The molecule has 198 valence electrons. The molecule has 39 heavy (non-hydrogen) atoms. The summed E-state index contributed by atoms with van der Waals surface area (Å²) in [6.07, 6.45) is 1.71. The number of hydrogen-bond donors (Lipinski definition) is 2. The lowest BCUT2D eigenvalue weighted by Gasteiger charge is -2.38. The number of rotatable bonds is 6. The van der Waals surface area contributed by atoms with Crippen LogP contribution >= 0.6 is 46.3 Å². The normalized spacial score (nSPS) is 17.2.